The smallest absolute Gasteiger partial charge is 0.247 e. The molecule has 1 aliphatic heterocycles. The van der Waals surface area contributed by atoms with Gasteiger partial charge in [-0.05, 0) is 37.6 Å². The van der Waals surface area contributed by atoms with Gasteiger partial charge in [-0.15, -0.1) is 0 Å². The second-order valence-corrected chi connectivity index (χ2v) is 5.41. The average Bonchev–Trinajstić information content (AvgIpc) is 2.48. The van der Waals surface area contributed by atoms with Crippen LogP contribution in [0.4, 0.5) is 0 Å². The van der Waals surface area contributed by atoms with Crippen LogP contribution in [-0.4, -0.2) is 42.5 Å². The number of rotatable bonds is 3. The van der Waals surface area contributed by atoms with Crippen LogP contribution < -0.4 is 10.1 Å². The van der Waals surface area contributed by atoms with Gasteiger partial charge in [-0.25, -0.2) is 0 Å². The van der Waals surface area contributed by atoms with Crippen LogP contribution in [0, 0.1) is 0 Å². The first-order valence-electron chi connectivity index (χ1n) is 6.87. The fraction of sp³-hybridized carbons (Fsp3) is 0.375. The molecule has 1 N–H and O–H groups in total. The lowest BCUT2D eigenvalue weighted by atomic mass is 9.98. The number of methoxy groups -OCH3 is 1. The monoisotopic (exact) mass is 288 g/mol. The van der Waals surface area contributed by atoms with Crippen molar-refractivity contribution in [3.05, 3.63) is 35.9 Å². The quantitative estimate of drug-likeness (QED) is 0.856. The van der Waals surface area contributed by atoms with Crippen molar-refractivity contribution < 1.29 is 14.3 Å². The lowest BCUT2D eigenvalue weighted by Crippen LogP contribution is -2.63. The number of nitrogens with zero attached hydrogens (tertiary/aromatic N) is 1. The molecule has 0 radical (unpaired) electrons. The highest BCUT2D eigenvalue weighted by Gasteiger charge is 2.39. The van der Waals surface area contributed by atoms with Gasteiger partial charge in [0.05, 0.1) is 7.11 Å². The summed E-state index contributed by atoms with van der Waals surface area (Å²) in [6, 6.07) is 7.41. The zero-order chi connectivity index (χ0) is 15.5. The van der Waals surface area contributed by atoms with E-state index in [0.29, 0.717) is 13.1 Å². The zero-order valence-electron chi connectivity index (χ0n) is 12.6. The van der Waals surface area contributed by atoms with Crippen LogP contribution in [0.25, 0.3) is 6.08 Å². The predicted octanol–water partition coefficient (Wildman–Crippen LogP) is 1.45. The molecular formula is C16H20N2O3. The number of ether oxygens (including phenoxy) is 1. The van der Waals surface area contributed by atoms with Crippen LogP contribution in [0.2, 0.25) is 0 Å². The molecule has 0 atom stereocenters. The standard InChI is InChI=1S/C16H20N2O3/c1-16(2)15(20)17-10-11-18(16)14(19)9-6-12-4-7-13(21-3)8-5-12/h4-9H,10-11H2,1-3H3,(H,17,20). The van der Waals surface area contributed by atoms with Crippen LogP contribution >= 0.6 is 0 Å². The molecule has 2 rings (SSSR count). The number of benzene rings is 1. The molecule has 2 amide bonds. The summed E-state index contributed by atoms with van der Waals surface area (Å²) in [4.78, 5) is 25.7. The first-order valence-corrected chi connectivity index (χ1v) is 6.87. The number of piperazine rings is 1. The number of carbonyl (C=O) groups is 2. The fourth-order valence-corrected chi connectivity index (χ4v) is 2.26. The molecule has 1 aromatic rings. The first-order chi connectivity index (χ1) is 9.95. The topological polar surface area (TPSA) is 58.6 Å². The van der Waals surface area contributed by atoms with E-state index in [-0.39, 0.29) is 11.8 Å². The van der Waals surface area contributed by atoms with E-state index in [4.69, 9.17) is 4.74 Å². The summed E-state index contributed by atoms with van der Waals surface area (Å²) < 4.78 is 5.09. The molecule has 5 nitrogen and oxygen atoms in total. The molecule has 112 valence electrons. The van der Waals surface area contributed by atoms with Gasteiger partial charge in [-0.1, -0.05) is 12.1 Å². The van der Waals surface area contributed by atoms with Crippen molar-refractivity contribution in [1.82, 2.24) is 10.2 Å². The van der Waals surface area contributed by atoms with E-state index in [2.05, 4.69) is 5.32 Å². The molecule has 1 heterocycles. The van der Waals surface area contributed by atoms with Gasteiger partial charge in [-0.2, -0.15) is 0 Å². The van der Waals surface area contributed by atoms with Crippen LogP contribution in [0.3, 0.4) is 0 Å². The van der Waals surface area contributed by atoms with Gasteiger partial charge in [0.2, 0.25) is 11.8 Å². The van der Waals surface area contributed by atoms with E-state index in [1.165, 1.54) is 6.08 Å². The minimum atomic E-state index is -0.820. The maximum atomic E-state index is 12.3. The molecule has 5 heteroatoms. The Bertz CT molecular complexity index is 561. The Labute approximate surface area is 124 Å². The molecule has 1 saturated heterocycles. The third-order valence-corrected chi connectivity index (χ3v) is 3.65. The minimum Gasteiger partial charge on any atom is -0.497 e. The maximum Gasteiger partial charge on any atom is 0.247 e. The van der Waals surface area contributed by atoms with Crippen molar-refractivity contribution in [1.29, 1.82) is 0 Å². The number of carbonyl (C=O) groups excluding carboxylic acids is 2. The Morgan fingerprint density at radius 3 is 2.62 bits per heavy atom. The fourth-order valence-electron chi connectivity index (χ4n) is 2.26. The van der Waals surface area contributed by atoms with Crippen molar-refractivity contribution in [2.45, 2.75) is 19.4 Å². The van der Waals surface area contributed by atoms with Crippen LogP contribution in [-0.2, 0) is 9.59 Å². The van der Waals surface area contributed by atoms with Crippen LogP contribution in [0.15, 0.2) is 30.3 Å². The zero-order valence-corrected chi connectivity index (χ0v) is 12.6. The summed E-state index contributed by atoms with van der Waals surface area (Å²) in [6.07, 6.45) is 3.24. The van der Waals surface area contributed by atoms with Gasteiger partial charge in [0.25, 0.3) is 0 Å². The Balaban J connectivity index is 2.09. The van der Waals surface area contributed by atoms with Gasteiger partial charge < -0.3 is 15.0 Å². The van der Waals surface area contributed by atoms with Crippen molar-refractivity contribution in [2.24, 2.45) is 0 Å². The molecule has 1 aliphatic rings. The van der Waals surface area contributed by atoms with Gasteiger partial charge in [-0.3, -0.25) is 9.59 Å². The lowest BCUT2D eigenvalue weighted by Gasteiger charge is -2.40. The number of hydrogen-bond donors (Lipinski definition) is 1. The third kappa shape index (κ3) is 3.24. The maximum absolute atomic E-state index is 12.3. The number of hydrogen-bond acceptors (Lipinski definition) is 3. The van der Waals surface area contributed by atoms with Crippen LogP contribution in [0.1, 0.15) is 19.4 Å². The molecule has 0 aromatic heterocycles. The van der Waals surface area contributed by atoms with E-state index in [9.17, 15) is 9.59 Å². The summed E-state index contributed by atoms with van der Waals surface area (Å²) in [5, 5.41) is 2.77. The highest BCUT2D eigenvalue weighted by molar-refractivity contribution is 5.97. The summed E-state index contributed by atoms with van der Waals surface area (Å²) in [5.74, 6) is 0.484. The second kappa shape index (κ2) is 5.99. The number of amides is 2. The molecule has 0 unspecified atom stereocenters. The van der Waals surface area contributed by atoms with Gasteiger partial charge in [0.1, 0.15) is 11.3 Å². The van der Waals surface area contributed by atoms with Crippen molar-refractivity contribution in [3.8, 4) is 5.75 Å². The van der Waals surface area contributed by atoms with Crippen molar-refractivity contribution in [2.75, 3.05) is 20.2 Å². The number of nitrogens with one attached hydrogen (secondary N) is 1. The highest BCUT2D eigenvalue weighted by Crippen LogP contribution is 2.19. The van der Waals surface area contributed by atoms with Crippen LogP contribution in [0.5, 0.6) is 5.75 Å². The van der Waals surface area contributed by atoms with Crippen molar-refractivity contribution >= 4 is 17.9 Å². The Kier molecular flexibility index (Phi) is 4.31. The molecule has 0 spiro atoms. The Morgan fingerprint density at radius 1 is 1.33 bits per heavy atom. The highest BCUT2D eigenvalue weighted by atomic mass is 16.5. The summed E-state index contributed by atoms with van der Waals surface area (Å²) in [7, 11) is 1.61. The van der Waals surface area contributed by atoms with E-state index >= 15 is 0 Å². The van der Waals surface area contributed by atoms with Gasteiger partial charge in [0, 0.05) is 19.2 Å². The largest absolute Gasteiger partial charge is 0.497 e. The summed E-state index contributed by atoms with van der Waals surface area (Å²) in [6.45, 7) is 4.51. The minimum absolute atomic E-state index is 0.125. The Morgan fingerprint density at radius 2 is 2.00 bits per heavy atom. The van der Waals surface area contributed by atoms with Gasteiger partial charge >= 0.3 is 0 Å². The summed E-state index contributed by atoms with van der Waals surface area (Å²) >= 11 is 0. The molecule has 0 bridgehead atoms. The normalized spacial score (nSPS) is 17.7. The molecule has 0 aliphatic carbocycles. The first kappa shape index (κ1) is 15.1. The summed E-state index contributed by atoms with van der Waals surface area (Å²) in [5.41, 5.74) is 0.0861. The third-order valence-electron chi connectivity index (χ3n) is 3.65. The second-order valence-electron chi connectivity index (χ2n) is 5.41. The SMILES string of the molecule is COc1ccc(C=CC(=O)N2CCNC(=O)C2(C)C)cc1. The Hall–Kier alpha value is -2.30. The predicted molar refractivity (Wildman–Crippen MR) is 80.8 cm³/mol. The van der Waals surface area contributed by atoms with E-state index in [1.807, 2.05) is 24.3 Å². The average molecular weight is 288 g/mol. The molecule has 21 heavy (non-hydrogen) atoms. The van der Waals surface area contributed by atoms with Crippen molar-refractivity contribution in [3.63, 3.8) is 0 Å². The molecule has 0 saturated carbocycles. The van der Waals surface area contributed by atoms with Gasteiger partial charge in [0.15, 0.2) is 0 Å². The lowest BCUT2D eigenvalue weighted by molar-refractivity contribution is -0.146. The molecule has 1 fully saturated rings. The van der Waals surface area contributed by atoms with E-state index in [0.717, 1.165) is 11.3 Å². The van der Waals surface area contributed by atoms with E-state index in [1.54, 1.807) is 31.9 Å². The van der Waals surface area contributed by atoms with E-state index < -0.39 is 5.54 Å². The molecule has 1 aromatic carbocycles. The molecular weight excluding hydrogens is 268 g/mol.